The molecule has 0 fully saturated rings. The summed E-state index contributed by atoms with van der Waals surface area (Å²) in [6.07, 6.45) is 1.33. The van der Waals surface area contributed by atoms with Crippen LogP contribution in [-0.4, -0.2) is 21.0 Å². The second-order valence-electron chi connectivity index (χ2n) is 9.17. The first-order valence-electron chi connectivity index (χ1n) is 11.9. The molecular formula is C27H22ClF3N4S. The Labute approximate surface area is 215 Å². The average Bonchev–Trinajstić information content (AvgIpc) is 3.51. The van der Waals surface area contributed by atoms with Crippen molar-refractivity contribution in [3.63, 3.8) is 0 Å². The van der Waals surface area contributed by atoms with Gasteiger partial charge in [-0.2, -0.15) is 13.2 Å². The van der Waals surface area contributed by atoms with Crippen molar-refractivity contribution in [2.24, 2.45) is 4.99 Å². The number of rotatable bonds is 3. The number of benzene rings is 2. The third-order valence-electron chi connectivity index (χ3n) is 7.00. The lowest BCUT2D eigenvalue weighted by molar-refractivity contribution is -0.137. The molecular weight excluding hydrogens is 505 g/mol. The summed E-state index contributed by atoms with van der Waals surface area (Å²) in [6.45, 7) is 3.90. The van der Waals surface area contributed by atoms with Gasteiger partial charge in [0.1, 0.15) is 16.9 Å². The zero-order valence-corrected chi connectivity index (χ0v) is 21.2. The standard InChI is InChI=1S/C27H22ClF3N4S/c1-3-15-7-9-17(22(28)11-15)20-12-16(27(29,30)31)8-10-19(20)24-25-34-33-14(2)35(25)26-21(13-32-24)18-5-4-6-23(18)36-26/h7-13,24H,3-6H2,1-2H3. The molecule has 6 rings (SSSR count). The molecule has 4 nitrogen and oxygen atoms in total. The molecule has 2 aromatic carbocycles. The molecule has 0 amide bonds. The van der Waals surface area contributed by atoms with Gasteiger partial charge in [-0.1, -0.05) is 36.7 Å². The second-order valence-corrected chi connectivity index (χ2v) is 10.7. The fraction of sp³-hybridized carbons (Fsp3) is 0.296. The van der Waals surface area contributed by atoms with Gasteiger partial charge in [0.2, 0.25) is 0 Å². The summed E-state index contributed by atoms with van der Waals surface area (Å²) in [6, 6.07) is 8.64. The lowest BCUT2D eigenvalue weighted by Crippen LogP contribution is -2.10. The highest BCUT2D eigenvalue weighted by Crippen LogP contribution is 2.44. The number of nitrogens with zero attached hydrogens (tertiary/aromatic N) is 4. The molecule has 0 radical (unpaired) electrons. The molecule has 9 heteroatoms. The van der Waals surface area contributed by atoms with E-state index in [2.05, 4.69) is 10.2 Å². The Kier molecular flexibility index (Phi) is 5.57. The van der Waals surface area contributed by atoms with Gasteiger partial charge in [0.15, 0.2) is 5.82 Å². The van der Waals surface area contributed by atoms with E-state index in [-0.39, 0.29) is 0 Å². The predicted octanol–water partition coefficient (Wildman–Crippen LogP) is 7.55. The Bertz CT molecular complexity index is 1530. The lowest BCUT2D eigenvalue weighted by Gasteiger charge is -2.19. The van der Waals surface area contributed by atoms with Gasteiger partial charge >= 0.3 is 6.18 Å². The van der Waals surface area contributed by atoms with Crippen molar-refractivity contribution in [1.29, 1.82) is 0 Å². The number of aliphatic imine (C=N–C) groups is 1. The molecule has 36 heavy (non-hydrogen) atoms. The SMILES string of the molecule is CCc1ccc(-c2cc(C(F)(F)F)ccc2C2N=Cc3c(sc4c3CCC4)-n3c(C)nnc32)c(Cl)c1. The van der Waals surface area contributed by atoms with Crippen LogP contribution in [0.2, 0.25) is 5.02 Å². The first-order chi connectivity index (χ1) is 17.3. The molecule has 2 aromatic heterocycles. The van der Waals surface area contributed by atoms with Crippen molar-refractivity contribution in [1.82, 2.24) is 14.8 Å². The average molecular weight is 527 g/mol. The molecule has 3 heterocycles. The third-order valence-corrected chi connectivity index (χ3v) is 8.61. The van der Waals surface area contributed by atoms with Gasteiger partial charge in [-0.25, -0.2) is 0 Å². The predicted molar refractivity (Wildman–Crippen MR) is 137 cm³/mol. The van der Waals surface area contributed by atoms with Crippen molar-refractivity contribution >= 4 is 29.2 Å². The highest BCUT2D eigenvalue weighted by Gasteiger charge is 2.35. The molecule has 1 atom stereocenters. The van der Waals surface area contributed by atoms with Gasteiger partial charge in [0.25, 0.3) is 0 Å². The molecule has 0 saturated heterocycles. The van der Waals surface area contributed by atoms with Crippen LogP contribution in [-0.2, 0) is 25.4 Å². The van der Waals surface area contributed by atoms with Crippen molar-refractivity contribution in [2.75, 3.05) is 0 Å². The zero-order valence-electron chi connectivity index (χ0n) is 19.7. The van der Waals surface area contributed by atoms with Crippen LogP contribution in [0.4, 0.5) is 13.2 Å². The van der Waals surface area contributed by atoms with Crippen LogP contribution in [0, 0.1) is 6.92 Å². The summed E-state index contributed by atoms with van der Waals surface area (Å²) in [5.41, 5.74) is 4.19. The summed E-state index contributed by atoms with van der Waals surface area (Å²) in [5.74, 6) is 1.31. The van der Waals surface area contributed by atoms with E-state index in [0.29, 0.717) is 27.5 Å². The van der Waals surface area contributed by atoms with Crippen LogP contribution in [0.25, 0.3) is 16.1 Å². The molecule has 4 aromatic rings. The summed E-state index contributed by atoms with van der Waals surface area (Å²) in [5, 5.41) is 10.2. The minimum Gasteiger partial charge on any atom is -0.276 e. The van der Waals surface area contributed by atoms with Crippen molar-refractivity contribution < 1.29 is 13.2 Å². The van der Waals surface area contributed by atoms with Crippen LogP contribution < -0.4 is 0 Å². The summed E-state index contributed by atoms with van der Waals surface area (Å²) in [7, 11) is 0. The Morgan fingerprint density at radius 1 is 1.08 bits per heavy atom. The number of aromatic nitrogens is 3. The fourth-order valence-corrected chi connectivity index (χ4v) is 6.88. The van der Waals surface area contributed by atoms with Gasteiger partial charge in [0.05, 0.1) is 5.56 Å². The number of fused-ring (bicyclic) bond motifs is 5. The molecule has 1 aliphatic carbocycles. The molecule has 1 unspecified atom stereocenters. The number of hydrogen-bond donors (Lipinski definition) is 0. The van der Waals surface area contributed by atoms with Gasteiger partial charge in [-0.05, 0) is 73.1 Å². The largest absolute Gasteiger partial charge is 0.416 e. The topological polar surface area (TPSA) is 43.1 Å². The Morgan fingerprint density at radius 2 is 1.92 bits per heavy atom. The number of alkyl halides is 3. The lowest BCUT2D eigenvalue weighted by atomic mass is 9.91. The normalized spacial score (nSPS) is 16.6. The quantitative estimate of drug-likeness (QED) is 0.276. The molecule has 0 spiro atoms. The number of hydrogen-bond acceptors (Lipinski definition) is 4. The van der Waals surface area contributed by atoms with E-state index >= 15 is 0 Å². The maximum atomic E-state index is 13.8. The van der Waals surface area contributed by atoms with Gasteiger partial charge in [0, 0.05) is 27.2 Å². The van der Waals surface area contributed by atoms with Crippen LogP contribution in [0.1, 0.15) is 63.7 Å². The van der Waals surface area contributed by atoms with E-state index in [1.807, 2.05) is 36.8 Å². The summed E-state index contributed by atoms with van der Waals surface area (Å²) < 4.78 is 43.3. The van der Waals surface area contributed by atoms with E-state index in [4.69, 9.17) is 16.6 Å². The van der Waals surface area contributed by atoms with Crippen molar-refractivity contribution in [2.45, 2.75) is 51.7 Å². The maximum absolute atomic E-state index is 13.8. The second kappa shape index (κ2) is 8.56. The minimum absolute atomic E-state index is 0.391. The molecule has 0 N–H and O–H groups in total. The monoisotopic (exact) mass is 526 g/mol. The Balaban J connectivity index is 1.58. The Morgan fingerprint density at radius 3 is 2.67 bits per heavy atom. The maximum Gasteiger partial charge on any atom is 0.416 e. The first kappa shape index (κ1) is 23.4. The van der Waals surface area contributed by atoms with E-state index in [0.717, 1.165) is 53.7 Å². The number of thiophene rings is 1. The van der Waals surface area contributed by atoms with Gasteiger partial charge in [-0.3, -0.25) is 9.56 Å². The van der Waals surface area contributed by atoms with Crippen molar-refractivity contribution in [3.8, 4) is 16.1 Å². The van der Waals surface area contributed by atoms with Crippen LogP contribution in [0.5, 0.6) is 0 Å². The van der Waals surface area contributed by atoms with E-state index in [9.17, 15) is 13.2 Å². The molecule has 0 bridgehead atoms. The summed E-state index contributed by atoms with van der Waals surface area (Å²) in [4.78, 5) is 6.28. The molecule has 2 aliphatic rings. The minimum atomic E-state index is -4.49. The van der Waals surface area contributed by atoms with Crippen molar-refractivity contribution in [3.05, 3.63) is 85.8 Å². The van der Waals surface area contributed by atoms with Gasteiger partial charge < -0.3 is 0 Å². The fourth-order valence-electron chi connectivity index (χ4n) is 5.16. The molecule has 1 aliphatic heterocycles. The highest BCUT2D eigenvalue weighted by atomic mass is 35.5. The van der Waals surface area contributed by atoms with Crippen LogP contribution in [0.15, 0.2) is 41.4 Å². The number of aryl methyl sites for hydroxylation is 3. The van der Waals surface area contributed by atoms with E-state index < -0.39 is 17.8 Å². The molecule has 184 valence electrons. The van der Waals surface area contributed by atoms with Gasteiger partial charge in [-0.15, -0.1) is 21.5 Å². The smallest absolute Gasteiger partial charge is 0.276 e. The van der Waals surface area contributed by atoms with E-state index in [1.54, 1.807) is 17.4 Å². The third kappa shape index (κ3) is 3.69. The van der Waals surface area contributed by atoms with E-state index in [1.165, 1.54) is 22.6 Å². The summed E-state index contributed by atoms with van der Waals surface area (Å²) >= 11 is 8.36. The number of halogens is 4. The first-order valence-corrected chi connectivity index (χ1v) is 13.1. The van der Waals surface area contributed by atoms with Crippen LogP contribution >= 0.6 is 22.9 Å². The Hall–Kier alpha value is -2.97. The zero-order chi connectivity index (χ0) is 25.2. The molecule has 0 saturated carbocycles. The van der Waals surface area contributed by atoms with Crippen LogP contribution in [0.3, 0.4) is 0 Å². The highest BCUT2D eigenvalue weighted by molar-refractivity contribution is 7.15.